The Bertz CT molecular complexity index is 571. The van der Waals surface area contributed by atoms with Crippen molar-refractivity contribution >= 4 is 29.4 Å². The Hall–Kier alpha value is -0.571. The van der Waals surface area contributed by atoms with Gasteiger partial charge in [-0.05, 0) is 0 Å². The fourth-order valence-corrected chi connectivity index (χ4v) is 19.0. The van der Waals surface area contributed by atoms with Crippen molar-refractivity contribution in [2.24, 2.45) is 0 Å². The van der Waals surface area contributed by atoms with Crippen LogP contribution in [-0.2, 0) is 0 Å². The normalized spacial score (nSPS) is 12.0. The van der Waals surface area contributed by atoms with E-state index in [9.17, 15) is 0 Å². The molecule has 1 aromatic carbocycles. The summed E-state index contributed by atoms with van der Waals surface area (Å²) in [4.78, 5) is 0. The summed E-state index contributed by atoms with van der Waals surface area (Å²) in [7, 11) is 0. The second kappa shape index (κ2) is 9.66. The van der Waals surface area contributed by atoms with Gasteiger partial charge in [-0.15, -0.1) is 0 Å². The van der Waals surface area contributed by atoms with E-state index in [1.54, 1.807) is 0 Å². The molecule has 0 aliphatic carbocycles. The van der Waals surface area contributed by atoms with Gasteiger partial charge in [0.05, 0.1) is 0 Å². The van der Waals surface area contributed by atoms with Gasteiger partial charge in [-0.3, -0.25) is 0 Å². The second-order valence-electron chi connectivity index (χ2n) is 7.02. The molecule has 0 saturated heterocycles. The molecule has 2 heteroatoms. The van der Waals surface area contributed by atoms with Gasteiger partial charge in [-0.1, -0.05) is 0 Å². The zero-order valence-electron chi connectivity index (χ0n) is 15.4. The van der Waals surface area contributed by atoms with Crippen LogP contribution in [0.5, 0.6) is 0 Å². The minimum absolute atomic E-state index is 1.34. The Balaban J connectivity index is 2.41. The average molecular weight is 419 g/mol. The Kier molecular flexibility index (Phi) is 7.88. The molecule has 2 rings (SSSR count). The van der Waals surface area contributed by atoms with Crippen molar-refractivity contribution in [2.75, 3.05) is 0 Å². The molecule has 0 spiro atoms. The quantitative estimate of drug-likeness (QED) is 0.397. The standard InChI is InChI=1S/C9H7N.3C4H9.Sn/c1-2-4-9-7-10-6-5-8(9)3-1;3*1-3-4-2;/h1-7H;3*1,3-4H2,2H3;/q;;;;+1. The fourth-order valence-electron chi connectivity index (χ4n) is 3.71. The van der Waals surface area contributed by atoms with Crippen molar-refractivity contribution in [1.29, 1.82) is 0 Å². The number of pyridine rings is 1. The van der Waals surface area contributed by atoms with E-state index in [0.717, 1.165) is 0 Å². The molecule has 0 radical (unpaired) electrons. The minimum atomic E-state index is -2.33. The third-order valence-electron chi connectivity index (χ3n) is 5.22. The summed E-state index contributed by atoms with van der Waals surface area (Å²) in [6, 6.07) is 11.2. The van der Waals surface area contributed by atoms with Crippen molar-refractivity contribution in [1.82, 2.24) is 0 Å². The molecule has 1 nitrogen and oxygen atoms in total. The maximum absolute atomic E-state index is 2.78. The first-order valence-electron chi connectivity index (χ1n) is 9.66. The van der Waals surface area contributed by atoms with E-state index in [2.05, 4.69) is 66.3 Å². The van der Waals surface area contributed by atoms with Crippen molar-refractivity contribution in [2.45, 2.75) is 72.6 Å². The third-order valence-corrected chi connectivity index (χ3v) is 20.1. The van der Waals surface area contributed by atoms with Crippen LogP contribution in [0.15, 0.2) is 42.7 Å². The van der Waals surface area contributed by atoms with Gasteiger partial charge in [0.1, 0.15) is 0 Å². The van der Waals surface area contributed by atoms with Crippen LogP contribution >= 0.6 is 0 Å². The molecule has 0 unspecified atom stereocenters. The molecule has 0 bridgehead atoms. The van der Waals surface area contributed by atoms with Crippen LogP contribution in [0.4, 0.5) is 0 Å². The van der Waals surface area contributed by atoms with E-state index < -0.39 is 18.7 Å². The number of aromatic nitrogens is 1. The van der Waals surface area contributed by atoms with Crippen LogP contribution in [-0.4, -0.2) is 18.7 Å². The molecule has 0 saturated carbocycles. The average Bonchev–Trinajstić information content (AvgIpc) is 2.61. The Morgan fingerprint density at radius 1 is 0.739 bits per heavy atom. The first-order valence-corrected chi connectivity index (χ1v) is 17.0. The van der Waals surface area contributed by atoms with Crippen LogP contribution in [0.25, 0.3) is 10.8 Å². The van der Waals surface area contributed by atoms with Crippen LogP contribution in [0, 0.1) is 0 Å². The summed E-state index contributed by atoms with van der Waals surface area (Å²) in [5.74, 6) is 0. The number of fused-ring (bicyclic) bond motifs is 1. The summed E-state index contributed by atoms with van der Waals surface area (Å²) >= 11 is -2.33. The number of hydrogen-bond donors (Lipinski definition) is 0. The van der Waals surface area contributed by atoms with Gasteiger partial charge in [0.2, 0.25) is 0 Å². The van der Waals surface area contributed by atoms with Gasteiger partial charge in [-0.25, -0.2) is 0 Å². The van der Waals surface area contributed by atoms with Crippen molar-refractivity contribution in [3.8, 4) is 0 Å². The van der Waals surface area contributed by atoms with Crippen LogP contribution in [0.1, 0.15) is 59.3 Å². The molecule has 0 fully saturated rings. The van der Waals surface area contributed by atoms with Crippen molar-refractivity contribution in [3.05, 3.63) is 42.7 Å². The molecule has 0 N–H and O–H groups in total. The molecule has 1 aromatic heterocycles. The summed E-state index contributed by atoms with van der Waals surface area (Å²) in [5, 5.41) is 2.80. The Morgan fingerprint density at radius 3 is 1.78 bits per heavy atom. The monoisotopic (exact) mass is 420 g/mol. The van der Waals surface area contributed by atoms with Crippen molar-refractivity contribution in [3.63, 3.8) is 0 Å². The third kappa shape index (κ3) is 4.95. The summed E-state index contributed by atoms with van der Waals surface area (Å²) in [6.07, 6.45) is 13.2. The molecule has 0 aliphatic rings. The molecule has 2 aromatic rings. The second-order valence-corrected chi connectivity index (χ2v) is 19.8. The predicted octanol–water partition coefficient (Wildman–Crippen LogP) is 6.32. The van der Waals surface area contributed by atoms with Gasteiger partial charge in [0.25, 0.3) is 0 Å². The van der Waals surface area contributed by atoms with E-state index in [0.29, 0.717) is 0 Å². The van der Waals surface area contributed by atoms with Crippen LogP contribution < -0.4 is 2.79 Å². The van der Waals surface area contributed by atoms with Gasteiger partial charge < -0.3 is 0 Å². The molecule has 0 aliphatic heterocycles. The van der Waals surface area contributed by atoms with Gasteiger partial charge in [0, 0.05) is 0 Å². The van der Waals surface area contributed by atoms with E-state index in [1.165, 1.54) is 62.6 Å². The Morgan fingerprint density at radius 2 is 1.26 bits per heavy atom. The van der Waals surface area contributed by atoms with Crippen LogP contribution in [0.3, 0.4) is 0 Å². The SMILES string of the molecule is CCC[CH2][Sn]([CH2]CCC)([CH2]CCC)[n+]1ccc2ccccc2c1. The summed E-state index contributed by atoms with van der Waals surface area (Å²) in [6.45, 7) is 7.05. The first-order chi connectivity index (χ1) is 11.3. The topological polar surface area (TPSA) is 3.88 Å². The van der Waals surface area contributed by atoms with Crippen LogP contribution in [0.2, 0.25) is 13.3 Å². The van der Waals surface area contributed by atoms with Gasteiger partial charge in [-0.2, -0.15) is 0 Å². The zero-order valence-corrected chi connectivity index (χ0v) is 18.2. The summed E-state index contributed by atoms with van der Waals surface area (Å²) in [5.41, 5.74) is 0. The van der Waals surface area contributed by atoms with E-state index in [-0.39, 0.29) is 0 Å². The molecule has 1 heterocycles. The van der Waals surface area contributed by atoms with Gasteiger partial charge >= 0.3 is 148 Å². The predicted molar refractivity (Wildman–Crippen MR) is 104 cm³/mol. The molecule has 126 valence electrons. The molecular formula is C21H34NSn+. The van der Waals surface area contributed by atoms with E-state index in [4.69, 9.17) is 0 Å². The number of nitrogens with zero attached hydrogens (tertiary/aromatic N) is 1. The molecular weight excluding hydrogens is 385 g/mol. The van der Waals surface area contributed by atoms with E-state index in [1.807, 2.05) is 0 Å². The fraction of sp³-hybridized carbons (Fsp3) is 0.571. The number of unbranched alkanes of at least 4 members (excludes halogenated alkanes) is 3. The van der Waals surface area contributed by atoms with Gasteiger partial charge in [0.15, 0.2) is 0 Å². The number of hydrogen-bond acceptors (Lipinski definition) is 0. The van der Waals surface area contributed by atoms with E-state index >= 15 is 0 Å². The molecule has 0 amide bonds. The number of benzene rings is 1. The number of rotatable bonds is 10. The molecule has 0 atom stereocenters. The Labute approximate surface area is 147 Å². The summed E-state index contributed by atoms with van der Waals surface area (Å²) < 4.78 is 7.34. The zero-order chi connectivity index (χ0) is 16.5. The first kappa shape index (κ1) is 18.8. The van der Waals surface area contributed by atoms with Crippen molar-refractivity contribution < 1.29 is 2.79 Å². The maximum atomic E-state index is 2.78. The molecule has 23 heavy (non-hydrogen) atoms.